The van der Waals surface area contributed by atoms with Crippen LogP contribution in [0.25, 0.3) is 11.0 Å². The number of anilines is 1. The largest absolute Gasteiger partial charge is 0.421 e. The average Bonchev–Trinajstić information content (AvgIpc) is 2.79. The van der Waals surface area contributed by atoms with Gasteiger partial charge in [0.1, 0.15) is 11.3 Å². The van der Waals surface area contributed by atoms with Gasteiger partial charge in [0.2, 0.25) is 5.91 Å². The van der Waals surface area contributed by atoms with E-state index >= 15 is 0 Å². The molecule has 2 aromatic heterocycles. The van der Waals surface area contributed by atoms with E-state index in [-0.39, 0.29) is 18.0 Å². The third-order valence-electron chi connectivity index (χ3n) is 4.18. The van der Waals surface area contributed by atoms with Crippen molar-refractivity contribution in [1.29, 1.82) is 0 Å². The molecule has 0 aliphatic carbocycles. The highest BCUT2D eigenvalue weighted by Gasteiger charge is 2.13. The van der Waals surface area contributed by atoms with Gasteiger partial charge in [-0.15, -0.1) is 0 Å². The predicted molar refractivity (Wildman–Crippen MR) is 92.1 cm³/mol. The van der Waals surface area contributed by atoms with Crippen molar-refractivity contribution in [2.24, 2.45) is 7.05 Å². The van der Waals surface area contributed by atoms with Gasteiger partial charge in [-0.3, -0.25) is 9.48 Å². The maximum Gasteiger partial charge on any atom is 0.360 e. The van der Waals surface area contributed by atoms with Crippen LogP contribution in [0.15, 0.2) is 39.5 Å². The maximum atomic E-state index is 12.2. The molecule has 2 heterocycles. The number of carbonyl (C=O) groups excluding carboxylic acids is 1. The van der Waals surface area contributed by atoms with Crippen LogP contribution in [-0.2, 0) is 18.3 Å². The molecule has 1 amide bonds. The van der Waals surface area contributed by atoms with E-state index in [1.807, 2.05) is 33.0 Å². The van der Waals surface area contributed by atoms with Gasteiger partial charge in [0.15, 0.2) is 0 Å². The molecule has 6 heteroatoms. The molecule has 3 rings (SSSR count). The first-order valence-corrected chi connectivity index (χ1v) is 7.77. The van der Waals surface area contributed by atoms with Gasteiger partial charge < -0.3 is 9.73 Å². The first kappa shape index (κ1) is 16.0. The highest BCUT2D eigenvalue weighted by molar-refractivity contribution is 5.92. The molecular formula is C18H19N3O3. The van der Waals surface area contributed by atoms with Crippen molar-refractivity contribution in [3.63, 3.8) is 0 Å². The molecule has 0 saturated heterocycles. The van der Waals surface area contributed by atoms with Crippen molar-refractivity contribution in [2.75, 3.05) is 5.32 Å². The SMILES string of the molecule is Cc1nn(C)c(C)c1CCC(=O)Nc1cc2ccccc2oc1=O. The Balaban J connectivity index is 1.73. The summed E-state index contributed by atoms with van der Waals surface area (Å²) in [6, 6.07) is 8.83. The molecule has 6 nitrogen and oxygen atoms in total. The molecule has 0 bridgehead atoms. The van der Waals surface area contributed by atoms with Crippen LogP contribution >= 0.6 is 0 Å². The van der Waals surface area contributed by atoms with Crippen molar-refractivity contribution in [3.05, 3.63) is 57.7 Å². The molecular weight excluding hydrogens is 306 g/mol. The Labute approximate surface area is 139 Å². The smallest absolute Gasteiger partial charge is 0.360 e. The van der Waals surface area contributed by atoms with Gasteiger partial charge >= 0.3 is 5.63 Å². The second-order valence-corrected chi connectivity index (χ2v) is 5.81. The minimum atomic E-state index is -0.546. The highest BCUT2D eigenvalue weighted by atomic mass is 16.4. The molecule has 0 spiro atoms. The summed E-state index contributed by atoms with van der Waals surface area (Å²) in [6.45, 7) is 3.91. The second kappa shape index (κ2) is 6.31. The zero-order valence-electron chi connectivity index (χ0n) is 13.9. The van der Waals surface area contributed by atoms with Crippen LogP contribution in [0.3, 0.4) is 0 Å². The topological polar surface area (TPSA) is 77.1 Å². The summed E-state index contributed by atoms with van der Waals surface area (Å²) in [7, 11) is 1.88. The lowest BCUT2D eigenvalue weighted by molar-refractivity contribution is -0.116. The Morgan fingerprint density at radius 2 is 2.04 bits per heavy atom. The minimum absolute atomic E-state index is 0.165. The van der Waals surface area contributed by atoms with Crippen LogP contribution < -0.4 is 10.9 Å². The number of rotatable bonds is 4. The number of hydrogen-bond donors (Lipinski definition) is 1. The van der Waals surface area contributed by atoms with Gasteiger partial charge in [0.25, 0.3) is 0 Å². The average molecular weight is 325 g/mol. The van der Waals surface area contributed by atoms with Crippen LogP contribution in [0.2, 0.25) is 0 Å². The van der Waals surface area contributed by atoms with Gasteiger partial charge in [-0.05, 0) is 38.0 Å². The van der Waals surface area contributed by atoms with E-state index in [9.17, 15) is 9.59 Å². The third-order valence-corrected chi connectivity index (χ3v) is 4.18. The predicted octanol–water partition coefficient (Wildman–Crippen LogP) is 2.71. The van der Waals surface area contributed by atoms with Gasteiger partial charge in [0, 0.05) is 24.5 Å². The number of benzene rings is 1. The number of fused-ring (bicyclic) bond motifs is 1. The van der Waals surface area contributed by atoms with E-state index in [0.29, 0.717) is 12.0 Å². The molecule has 3 aromatic rings. The van der Waals surface area contributed by atoms with E-state index in [1.165, 1.54) is 0 Å². The Morgan fingerprint density at radius 3 is 2.75 bits per heavy atom. The first-order valence-electron chi connectivity index (χ1n) is 7.77. The summed E-state index contributed by atoms with van der Waals surface area (Å²) < 4.78 is 7.02. The molecule has 124 valence electrons. The fraction of sp³-hybridized carbons (Fsp3) is 0.278. The molecule has 0 radical (unpaired) electrons. The molecule has 0 unspecified atom stereocenters. The zero-order chi connectivity index (χ0) is 17.3. The van der Waals surface area contributed by atoms with Gasteiger partial charge in [-0.2, -0.15) is 5.10 Å². The Hall–Kier alpha value is -2.89. The highest BCUT2D eigenvalue weighted by Crippen LogP contribution is 2.17. The number of para-hydroxylation sites is 1. The number of nitrogens with one attached hydrogen (secondary N) is 1. The van der Waals surface area contributed by atoms with E-state index in [2.05, 4.69) is 10.4 Å². The van der Waals surface area contributed by atoms with E-state index in [1.54, 1.807) is 22.9 Å². The lowest BCUT2D eigenvalue weighted by atomic mass is 10.1. The molecule has 1 N–H and O–H groups in total. The number of carbonyl (C=O) groups is 1. The zero-order valence-corrected chi connectivity index (χ0v) is 13.9. The number of nitrogens with zero attached hydrogens (tertiary/aromatic N) is 2. The summed E-state index contributed by atoms with van der Waals surface area (Å²) in [5.41, 5.74) is 3.16. The standard InChI is InChI=1S/C18H19N3O3/c1-11-14(12(2)21(3)20-11)8-9-17(22)19-15-10-13-6-4-5-7-16(13)24-18(15)23/h4-7,10H,8-9H2,1-3H3,(H,19,22). The summed E-state index contributed by atoms with van der Waals surface area (Å²) >= 11 is 0. The number of aromatic nitrogens is 2. The van der Waals surface area contributed by atoms with Gasteiger partial charge in [0.05, 0.1) is 5.69 Å². The summed E-state index contributed by atoms with van der Waals surface area (Å²) in [4.78, 5) is 24.1. The minimum Gasteiger partial charge on any atom is -0.421 e. The van der Waals surface area contributed by atoms with Crippen LogP contribution in [0.5, 0.6) is 0 Å². The van der Waals surface area contributed by atoms with E-state index in [0.717, 1.165) is 22.3 Å². The number of aryl methyl sites for hydroxylation is 2. The molecule has 0 aliphatic heterocycles. The fourth-order valence-electron chi connectivity index (χ4n) is 2.78. The Bertz CT molecular complexity index is 969. The summed E-state index contributed by atoms with van der Waals surface area (Å²) in [5, 5.41) is 7.76. The molecule has 0 saturated carbocycles. The lowest BCUT2D eigenvalue weighted by Gasteiger charge is -2.06. The maximum absolute atomic E-state index is 12.2. The van der Waals surface area contributed by atoms with Crippen LogP contribution in [-0.4, -0.2) is 15.7 Å². The van der Waals surface area contributed by atoms with Crippen molar-refractivity contribution < 1.29 is 9.21 Å². The van der Waals surface area contributed by atoms with E-state index < -0.39 is 5.63 Å². The molecule has 0 aliphatic rings. The molecule has 1 aromatic carbocycles. The lowest BCUT2D eigenvalue weighted by Crippen LogP contribution is -2.18. The molecule has 0 atom stereocenters. The normalized spacial score (nSPS) is 11.0. The second-order valence-electron chi connectivity index (χ2n) is 5.81. The summed E-state index contributed by atoms with van der Waals surface area (Å²) in [5.74, 6) is -0.222. The van der Waals surface area contributed by atoms with Crippen molar-refractivity contribution in [2.45, 2.75) is 26.7 Å². The Kier molecular flexibility index (Phi) is 4.20. The fourth-order valence-corrected chi connectivity index (χ4v) is 2.78. The van der Waals surface area contributed by atoms with Crippen molar-refractivity contribution in [3.8, 4) is 0 Å². The van der Waals surface area contributed by atoms with Crippen molar-refractivity contribution in [1.82, 2.24) is 9.78 Å². The van der Waals surface area contributed by atoms with Crippen LogP contribution in [0, 0.1) is 13.8 Å². The number of amides is 1. The van der Waals surface area contributed by atoms with Gasteiger partial charge in [-0.25, -0.2) is 4.79 Å². The first-order chi connectivity index (χ1) is 11.5. The van der Waals surface area contributed by atoms with Crippen molar-refractivity contribution >= 4 is 22.6 Å². The van der Waals surface area contributed by atoms with Gasteiger partial charge in [-0.1, -0.05) is 18.2 Å². The summed E-state index contributed by atoms with van der Waals surface area (Å²) in [6.07, 6.45) is 0.857. The van der Waals surface area contributed by atoms with Crippen LogP contribution in [0.4, 0.5) is 5.69 Å². The quantitative estimate of drug-likeness (QED) is 0.748. The monoisotopic (exact) mass is 325 g/mol. The molecule has 24 heavy (non-hydrogen) atoms. The van der Waals surface area contributed by atoms with E-state index in [4.69, 9.17) is 4.42 Å². The Morgan fingerprint density at radius 1 is 1.29 bits per heavy atom. The number of hydrogen-bond acceptors (Lipinski definition) is 4. The molecule has 0 fully saturated rings. The van der Waals surface area contributed by atoms with Crippen LogP contribution in [0.1, 0.15) is 23.4 Å². The third kappa shape index (κ3) is 3.08.